The number of aliphatic hydroxyl groups is 1. The van der Waals surface area contributed by atoms with Gasteiger partial charge in [-0.05, 0) is 44.4 Å². The summed E-state index contributed by atoms with van der Waals surface area (Å²) in [7, 11) is 0. The van der Waals surface area contributed by atoms with E-state index in [1.54, 1.807) is 0 Å². The van der Waals surface area contributed by atoms with Gasteiger partial charge in [-0.2, -0.15) is 0 Å². The van der Waals surface area contributed by atoms with Crippen molar-refractivity contribution < 1.29 is 5.11 Å². The first-order valence-electron chi connectivity index (χ1n) is 8.26. The molecule has 0 aliphatic heterocycles. The summed E-state index contributed by atoms with van der Waals surface area (Å²) in [5.41, 5.74) is 18.2. The monoisotopic (exact) mass is 287 g/mol. The second kappa shape index (κ2) is 10.6. The fraction of sp³-hybridized carbons (Fsp3) is 1.00. The lowest BCUT2D eigenvalue weighted by Crippen LogP contribution is -2.43. The highest BCUT2D eigenvalue weighted by molar-refractivity contribution is 4.82. The zero-order valence-electron chi connectivity index (χ0n) is 13.9. The lowest BCUT2D eigenvalue weighted by Gasteiger charge is -2.29. The van der Waals surface area contributed by atoms with E-state index in [2.05, 4.69) is 27.7 Å². The Morgan fingerprint density at radius 2 is 1.50 bits per heavy atom. The minimum atomic E-state index is -0.426. The number of aliphatic hydroxyl groups excluding tert-OH is 1. The van der Waals surface area contributed by atoms with Gasteiger partial charge in [0.25, 0.3) is 0 Å². The average molecular weight is 287 g/mol. The van der Waals surface area contributed by atoms with Gasteiger partial charge in [0.15, 0.2) is 0 Å². The summed E-state index contributed by atoms with van der Waals surface area (Å²) in [4.78, 5) is 0. The molecule has 0 heterocycles. The molecular formula is C16H37N3O. The minimum Gasteiger partial charge on any atom is -0.392 e. The molecule has 0 amide bonds. The van der Waals surface area contributed by atoms with Crippen LogP contribution in [-0.4, -0.2) is 29.3 Å². The molecule has 0 bridgehead atoms. The second-order valence-electron chi connectivity index (χ2n) is 6.64. The van der Waals surface area contributed by atoms with Crippen molar-refractivity contribution >= 4 is 0 Å². The van der Waals surface area contributed by atoms with Gasteiger partial charge in [-0.25, -0.2) is 0 Å². The van der Waals surface area contributed by atoms with Crippen LogP contribution in [0, 0.1) is 11.8 Å². The lowest BCUT2D eigenvalue weighted by atomic mass is 9.82. The first kappa shape index (κ1) is 19.8. The maximum atomic E-state index is 9.92. The molecule has 122 valence electrons. The summed E-state index contributed by atoms with van der Waals surface area (Å²) in [6.45, 7) is 8.52. The van der Waals surface area contributed by atoms with Gasteiger partial charge in [0.1, 0.15) is 0 Å². The van der Waals surface area contributed by atoms with Crippen molar-refractivity contribution in [3.05, 3.63) is 0 Å². The van der Waals surface area contributed by atoms with E-state index in [9.17, 15) is 5.11 Å². The van der Waals surface area contributed by atoms with Gasteiger partial charge in [-0.3, -0.25) is 0 Å². The number of nitrogens with two attached hydrogens (primary N) is 3. The van der Waals surface area contributed by atoms with E-state index in [-0.39, 0.29) is 18.1 Å². The molecule has 0 spiro atoms. The van der Waals surface area contributed by atoms with Crippen molar-refractivity contribution in [3.63, 3.8) is 0 Å². The van der Waals surface area contributed by atoms with Crippen molar-refractivity contribution in [1.82, 2.24) is 0 Å². The van der Waals surface area contributed by atoms with E-state index >= 15 is 0 Å². The molecule has 5 unspecified atom stereocenters. The smallest absolute Gasteiger partial charge is 0.0691 e. The third kappa shape index (κ3) is 8.20. The van der Waals surface area contributed by atoms with Crippen LogP contribution in [-0.2, 0) is 0 Å². The van der Waals surface area contributed by atoms with E-state index in [4.69, 9.17) is 17.2 Å². The molecule has 0 saturated carbocycles. The van der Waals surface area contributed by atoms with Crippen molar-refractivity contribution in [3.8, 4) is 0 Å². The molecule has 20 heavy (non-hydrogen) atoms. The van der Waals surface area contributed by atoms with Crippen molar-refractivity contribution in [2.75, 3.05) is 0 Å². The fourth-order valence-electron chi connectivity index (χ4n) is 3.07. The summed E-state index contributed by atoms with van der Waals surface area (Å²) in [5.74, 6) is 1.05. The maximum absolute atomic E-state index is 9.92. The topological polar surface area (TPSA) is 98.3 Å². The standard InChI is InChI=1S/C16H37N3O/c1-5-7-16(20)15(19)10-14(18)13(6-2)9-11(3)8-12(4)17/h11-16,20H,5-10,17-19H2,1-4H3/t11-,12?,13?,14?,15?,16?/m0/s1. The highest BCUT2D eigenvalue weighted by atomic mass is 16.3. The first-order valence-corrected chi connectivity index (χ1v) is 8.26. The van der Waals surface area contributed by atoms with Gasteiger partial charge >= 0.3 is 0 Å². The molecule has 0 radical (unpaired) electrons. The zero-order valence-corrected chi connectivity index (χ0v) is 13.9. The Hall–Kier alpha value is -0.160. The Labute approximate surface area is 125 Å². The Bertz CT molecular complexity index is 236. The van der Waals surface area contributed by atoms with Gasteiger partial charge < -0.3 is 22.3 Å². The number of hydrogen-bond acceptors (Lipinski definition) is 4. The largest absolute Gasteiger partial charge is 0.392 e. The maximum Gasteiger partial charge on any atom is 0.0691 e. The summed E-state index contributed by atoms with van der Waals surface area (Å²) in [6, 6.07) is 0.104. The first-order chi connectivity index (χ1) is 9.31. The molecule has 0 rings (SSSR count). The van der Waals surface area contributed by atoms with Crippen LogP contribution in [0.4, 0.5) is 0 Å². The molecule has 4 heteroatoms. The SMILES string of the molecule is CCCC(O)C(N)CC(N)C(CC)C[C@@H](C)CC(C)N. The molecule has 0 saturated heterocycles. The summed E-state index contributed by atoms with van der Waals surface area (Å²) >= 11 is 0. The second-order valence-corrected chi connectivity index (χ2v) is 6.64. The summed E-state index contributed by atoms with van der Waals surface area (Å²) < 4.78 is 0. The van der Waals surface area contributed by atoms with Crippen molar-refractivity contribution in [1.29, 1.82) is 0 Å². The normalized spacial score (nSPS) is 21.0. The molecule has 4 nitrogen and oxygen atoms in total. The number of hydrogen-bond donors (Lipinski definition) is 4. The highest BCUT2D eigenvalue weighted by Gasteiger charge is 2.24. The van der Waals surface area contributed by atoms with Gasteiger partial charge in [0, 0.05) is 18.1 Å². The summed E-state index contributed by atoms with van der Waals surface area (Å²) in [6.07, 6.45) is 5.17. The van der Waals surface area contributed by atoms with Gasteiger partial charge in [0.05, 0.1) is 6.10 Å². The Balaban J connectivity index is 4.28. The highest BCUT2D eigenvalue weighted by Crippen LogP contribution is 2.23. The number of rotatable bonds is 11. The van der Waals surface area contributed by atoms with Crippen LogP contribution in [0.15, 0.2) is 0 Å². The van der Waals surface area contributed by atoms with E-state index < -0.39 is 6.10 Å². The fourth-order valence-corrected chi connectivity index (χ4v) is 3.07. The molecule has 0 aliphatic rings. The van der Waals surface area contributed by atoms with Crippen LogP contribution in [0.3, 0.4) is 0 Å². The molecule has 0 aromatic carbocycles. The van der Waals surface area contributed by atoms with Crippen LogP contribution in [0.25, 0.3) is 0 Å². The van der Waals surface area contributed by atoms with Crippen LogP contribution in [0.1, 0.15) is 66.2 Å². The van der Waals surface area contributed by atoms with Gasteiger partial charge in [-0.15, -0.1) is 0 Å². The van der Waals surface area contributed by atoms with Crippen LogP contribution in [0.2, 0.25) is 0 Å². The van der Waals surface area contributed by atoms with Gasteiger partial charge in [-0.1, -0.05) is 33.6 Å². The predicted molar refractivity (Wildman–Crippen MR) is 87.3 cm³/mol. The Kier molecular flexibility index (Phi) is 10.5. The van der Waals surface area contributed by atoms with E-state index in [0.717, 1.165) is 32.1 Å². The molecular weight excluding hydrogens is 250 g/mol. The average Bonchev–Trinajstić information content (AvgIpc) is 2.34. The predicted octanol–water partition coefficient (Wildman–Crippen LogP) is 1.98. The van der Waals surface area contributed by atoms with E-state index in [0.29, 0.717) is 18.3 Å². The van der Waals surface area contributed by atoms with Crippen LogP contribution in [0.5, 0.6) is 0 Å². The van der Waals surface area contributed by atoms with Gasteiger partial charge in [0.2, 0.25) is 0 Å². The van der Waals surface area contributed by atoms with Crippen molar-refractivity contribution in [2.45, 2.75) is 90.4 Å². The third-order valence-electron chi connectivity index (χ3n) is 4.23. The van der Waals surface area contributed by atoms with Crippen LogP contribution >= 0.6 is 0 Å². The van der Waals surface area contributed by atoms with E-state index in [1.807, 2.05) is 0 Å². The molecule has 7 N–H and O–H groups in total. The molecule has 6 atom stereocenters. The molecule has 0 aromatic rings. The molecule has 0 aliphatic carbocycles. The molecule has 0 aromatic heterocycles. The summed E-state index contributed by atoms with van der Waals surface area (Å²) in [5, 5.41) is 9.92. The zero-order chi connectivity index (χ0) is 15.7. The lowest BCUT2D eigenvalue weighted by molar-refractivity contribution is 0.121. The van der Waals surface area contributed by atoms with Crippen molar-refractivity contribution in [2.24, 2.45) is 29.0 Å². The Morgan fingerprint density at radius 1 is 0.900 bits per heavy atom. The quantitative estimate of drug-likeness (QED) is 0.467. The molecule has 0 fully saturated rings. The third-order valence-corrected chi connectivity index (χ3v) is 4.23. The van der Waals surface area contributed by atoms with E-state index in [1.165, 1.54) is 0 Å². The Morgan fingerprint density at radius 3 is 1.95 bits per heavy atom. The van der Waals surface area contributed by atoms with Crippen LogP contribution < -0.4 is 17.2 Å². The minimum absolute atomic E-state index is 0.0667.